The number of rotatable bonds is 6. The van der Waals surface area contributed by atoms with Crippen molar-refractivity contribution in [3.05, 3.63) is 30.3 Å². The van der Waals surface area contributed by atoms with Crippen LogP contribution in [0.25, 0.3) is 0 Å². The highest BCUT2D eigenvalue weighted by Gasteiger charge is 2.24. The van der Waals surface area contributed by atoms with E-state index in [1.807, 2.05) is 30.3 Å². The van der Waals surface area contributed by atoms with Gasteiger partial charge in [-0.1, -0.05) is 18.2 Å². The molecule has 1 aromatic carbocycles. The minimum absolute atomic E-state index is 0.166. The van der Waals surface area contributed by atoms with Gasteiger partial charge in [0.2, 0.25) is 0 Å². The van der Waals surface area contributed by atoms with Gasteiger partial charge in [0.05, 0.1) is 13.2 Å². The molecule has 2 saturated heterocycles. The average Bonchev–Trinajstić information content (AvgIpc) is 2.98. The number of cyclic esters (lactones) is 1. The third kappa shape index (κ3) is 4.13. The van der Waals surface area contributed by atoms with Crippen LogP contribution in [0.3, 0.4) is 0 Å². The molecule has 2 aliphatic rings. The molecule has 0 radical (unpaired) electrons. The summed E-state index contributed by atoms with van der Waals surface area (Å²) in [5.41, 5.74) is 0. The molecular formula is C17H24N2O3. The molecule has 0 saturated carbocycles. The highest BCUT2D eigenvalue weighted by molar-refractivity contribution is 5.69. The number of piperidine rings is 1. The van der Waals surface area contributed by atoms with Crippen LogP contribution < -0.4 is 4.74 Å². The molecule has 1 atom stereocenters. The van der Waals surface area contributed by atoms with Crippen LogP contribution in [-0.2, 0) is 4.74 Å². The summed E-state index contributed by atoms with van der Waals surface area (Å²) >= 11 is 0. The number of ether oxygens (including phenoxy) is 2. The first-order valence-corrected chi connectivity index (χ1v) is 8.13. The molecule has 5 nitrogen and oxygen atoms in total. The summed E-state index contributed by atoms with van der Waals surface area (Å²) in [7, 11) is 0. The van der Waals surface area contributed by atoms with E-state index >= 15 is 0 Å². The van der Waals surface area contributed by atoms with Crippen LogP contribution in [-0.4, -0.2) is 61.8 Å². The molecule has 0 N–H and O–H groups in total. The normalized spacial score (nSPS) is 22.6. The molecule has 3 rings (SSSR count). The number of hydrogen-bond donors (Lipinski definition) is 0. The molecule has 0 aliphatic carbocycles. The van der Waals surface area contributed by atoms with Gasteiger partial charge in [0.1, 0.15) is 12.4 Å². The molecule has 22 heavy (non-hydrogen) atoms. The molecule has 120 valence electrons. The second-order valence-corrected chi connectivity index (χ2v) is 6.03. The number of nitrogens with zero attached hydrogens (tertiary/aromatic N) is 2. The lowest BCUT2D eigenvalue weighted by Gasteiger charge is -2.33. The smallest absolute Gasteiger partial charge is 0.409 e. The first kappa shape index (κ1) is 15.2. The van der Waals surface area contributed by atoms with Gasteiger partial charge in [-0.25, -0.2) is 4.79 Å². The Bertz CT molecular complexity index is 480. The number of carbonyl (C=O) groups is 1. The number of para-hydroxylation sites is 1. The SMILES string of the molecule is O=C1OCCN1CCN1CCCC(COc2ccccc2)C1. The molecule has 1 aromatic rings. The molecule has 1 amide bonds. The van der Waals surface area contributed by atoms with Crippen molar-refractivity contribution in [2.45, 2.75) is 12.8 Å². The van der Waals surface area contributed by atoms with Crippen LogP contribution in [0.5, 0.6) is 5.75 Å². The summed E-state index contributed by atoms with van der Waals surface area (Å²) in [4.78, 5) is 15.7. The van der Waals surface area contributed by atoms with Gasteiger partial charge in [0.15, 0.2) is 0 Å². The van der Waals surface area contributed by atoms with E-state index in [1.165, 1.54) is 12.8 Å². The summed E-state index contributed by atoms with van der Waals surface area (Å²) in [5, 5.41) is 0. The zero-order valence-corrected chi connectivity index (χ0v) is 12.9. The molecule has 2 aliphatic heterocycles. The van der Waals surface area contributed by atoms with Crippen molar-refractivity contribution in [2.24, 2.45) is 5.92 Å². The van der Waals surface area contributed by atoms with E-state index in [9.17, 15) is 4.79 Å². The fourth-order valence-corrected chi connectivity index (χ4v) is 3.11. The van der Waals surface area contributed by atoms with Crippen LogP contribution >= 0.6 is 0 Å². The number of benzene rings is 1. The average molecular weight is 304 g/mol. The Hall–Kier alpha value is -1.75. The van der Waals surface area contributed by atoms with Crippen molar-refractivity contribution in [2.75, 3.05) is 45.9 Å². The van der Waals surface area contributed by atoms with Crippen LogP contribution in [0, 0.1) is 5.92 Å². The van der Waals surface area contributed by atoms with Crippen molar-refractivity contribution >= 4 is 6.09 Å². The summed E-state index contributed by atoms with van der Waals surface area (Å²) < 4.78 is 10.8. The van der Waals surface area contributed by atoms with Crippen molar-refractivity contribution in [3.63, 3.8) is 0 Å². The molecule has 2 heterocycles. The third-order valence-electron chi connectivity index (χ3n) is 4.36. The van der Waals surface area contributed by atoms with Gasteiger partial charge in [0, 0.05) is 25.6 Å². The predicted molar refractivity (Wildman–Crippen MR) is 84.0 cm³/mol. The lowest BCUT2D eigenvalue weighted by molar-refractivity contribution is 0.118. The zero-order chi connectivity index (χ0) is 15.2. The van der Waals surface area contributed by atoms with Gasteiger partial charge in [-0.15, -0.1) is 0 Å². The van der Waals surface area contributed by atoms with E-state index in [1.54, 1.807) is 4.90 Å². The van der Waals surface area contributed by atoms with Crippen LogP contribution in [0.4, 0.5) is 4.79 Å². The number of carbonyl (C=O) groups excluding carboxylic acids is 1. The Morgan fingerprint density at radius 1 is 1.18 bits per heavy atom. The topological polar surface area (TPSA) is 42.0 Å². The van der Waals surface area contributed by atoms with E-state index in [4.69, 9.17) is 9.47 Å². The van der Waals surface area contributed by atoms with Gasteiger partial charge in [-0.2, -0.15) is 0 Å². The van der Waals surface area contributed by atoms with Crippen molar-refractivity contribution in [1.29, 1.82) is 0 Å². The van der Waals surface area contributed by atoms with E-state index in [0.29, 0.717) is 12.5 Å². The maximum absolute atomic E-state index is 11.4. The van der Waals surface area contributed by atoms with E-state index < -0.39 is 0 Å². The predicted octanol–water partition coefficient (Wildman–Crippen LogP) is 2.23. The Morgan fingerprint density at radius 2 is 2.05 bits per heavy atom. The first-order valence-electron chi connectivity index (χ1n) is 8.13. The highest BCUT2D eigenvalue weighted by atomic mass is 16.6. The minimum atomic E-state index is -0.166. The van der Waals surface area contributed by atoms with Crippen LogP contribution in [0.1, 0.15) is 12.8 Å². The van der Waals surface area contributed by atoms with E-state index in [2.05, 4.69) is 4.90 Å². The van der Waals surface area contributed by atoms with Crippen LogP contribution in [0.2, 0.25) is 0 Å². The molecule has 5 heteroatoms. The minimum Gasteiger partial charge on any atom is -0.493 e. The molecule has 1 unspecified atom stereocenters. The molecule has 2 fully saturated rings. The quantitative estimate of drug-likeness (QED) is 0.808. The maximum Gasteiger partial charge on any atom is 0.409 e. The summed E-state index contributed by atoms with van der Waals surface area (Å²) in [6.45, 7) is 5.90. The lowest BCUT2D eigenvalue weighted by atomic mass is 9.99. The van der Waals surface area contributed by atoms with Gasteiger partial charge >= 0.3 is 6.09 Å². The Balaban J connectivity index is 1.40. The highest BCUT2D eigenvalue weighted by Crippen LogP contribution is 2.18. The van der Waals surface area contributed by atoms with Gasteiger partial charge in [-0.05, 0) is 31.5 Å². The zero-order valence-electron chi connectivity index (χ0n) is 12.9. The van der Waals surface area contributed by atoms with Gasteiger partial charge in [0.25, 0.3) is 0 Å². The first-order chi connectivity index (χ1) is 10.8. The molecule has 0 aromatic heterocycles. The van der Waals surface area contributed by atoms with Gasteiger partial charge < -0.3 is 19.3 Å². The maximum atomic E-state index is 11.4. The number of hydrogen-bond acceptors (Lipinski definition) is 4. The fraction of sp³-hybridized carbons (Fsp3) is 0.588. The van der Waals surface area contributed by atoms with E-state index in [-0.39, 0.29) is 6.09 Å². The fourth-order valence-electron chi connectivity index (χ4n) is 3.11. The molecule has 0 spiro atoms. The molecular weight excluding hydrogens is 280 g/mol. The van der Waals surface area contributed by atoms with Gasteiger partial charge in [-0.3, -0.25) is 0 Å². The summed E-state index contributed by atoms with van der Waals surface area (Å²) in [6, 6.07) is 9.99. The summed E-state index contributed by atoms with van der Waals surface area (Å²) in [6.07, 6.45) is 2.25. The lowest BCUT2D eigenvalue weighted by Crippen LogP contribution is -2.42. The van der Waals surface area contributed by atoms with E-state index in [0.717, 1.165) is 45.1 Å². The Kier molecular flexibility index (Phi) is 5.16. The van der Waals surface area contributed by atoms with Crippen molar-refractivity contribution < 1.29 is 14.3 Å². The summed E-state index contributed by atoms with van der Waals surface area (Å²) in [5.74, 6) is 1.51. The van der Waals surface area contributed by atoms with Crippen molar-refractivity contribution in [1.82, 2.24) is 9.80 Å². The largest absolute Gasteiger partial charge is 0.493 e. The van der Waals surface area contributed by atoms with Crippen molar-refractivity contribution in [3.8, 4) is 5.75 Å². The second-order valence-electron chi connectivity index (χ2n) is 6.03. The Labute approximate surface area is 131 Å². The monoisotopic (exact) mass is 304 g/mol. The number of likely N-dealkylation sites (tertiary alicyclic amines) is 1. The molecule has 0 bridgehead atoms. The number of amides is 1. The third-order valence-corrected chi connectivity index (χ3v) is 4.36. The Morgan fingerprint density at radius 3 is 2.82 bits per heavy atom. The second kappa shape index (κ2) is 7.49. The standard InChI is InChI=1S/C17H24N2O3/c20-17-19(11-12-21-17)10-9-18-8-4-5-15(13-18)14-22-16-6-2-1-3-7-16/h1-3,6-7,15H,4-5,8-14H2. The van der Waals surface area contributed by atoms with Crippen LogP contribution in [0.15, 0.2) is 30.3 Å².